The van der Waals surface area contributed by atoms with Crippen LogP contribution in [0.25, 0.3) is 0 Å². The molecule has 0 radical (unpaired) electrons. The Bertz CT molecular complexity index is 1760. The molecule has 75 heavy (non-hydrogen) atoms. The number of nitrogen functional groups attached to an aromatic ring is 1. The predicted octanol–water partition coefficient (Wildman–Crippen LogP) is 14.6. The van der Waals surface area contributed by atoms with Gasteiger partial charge in [0.25, 0.3) is 0 Å². The van der Waals surface area contributed by atoms with Crippen LogP contribution in [-0.2, 0) is 4.79 Å². The van der Waals surface area contributed by atoms with Crippen molar-refractivity contribution in [3.05, 3.63) is 134 Å². The third-order valence-electron chi connectivity index (χ3n) is 14.6. The van der Waals surface area contributed by atoms with Crippen molar-refractivity contribution in [2.75, 3.05) is 100 Å². The number of anilines is 4. The molecular formula is C66H108N8O. The minimum atomic E-state index is 0.440. The number of nitrogens with one attached hydrogen (secondary N) is 3. The Morgan fingerprint density at radius 3 is 0.800 bits per heavy atom. The van der Waals surface area contributed by atoms with Gasteiger partial charge < -0.3 is 36.4 Å². The van der Waals surface area contributed by atoms with E-state index in [0.717, 1.165) is 55.9 Å². The number of benzene rings is 4. The minimum Gasteiger partial charge on any atom is -0.399 e. The van der Waals surface area contributed by atoms with E-state index in [-0.39, 0.29) is 0 Å². The molecule has 5 N–H and O–H groups in total. The topological polar surface area (TPSA) is 92.1 Å². The van der Waals surface area contributed by atoms with Gasteiger partial charge in [-0.1, -0.05) is 154 Å². The van der Waals surface area contributed by atoms with E-state index in [9.17, 15) is 4.79 Å². The lowest BCUT2D eigenvalue weighted by molar-refractivity contribution is -0.130. The van der Waals surface area contributed by atoms with Crippen LogP contribution < -0.4 is 21.7 Å². The quantitative estimate of drug-likeness (QED) is 0.111. The van der Waals surface area contributed by atoms with Crippen LogP contribution in [0.2, 0.25) is 0 Å². The van der Waals surface area contributed by atoms with Crippen molar-refractivity contribution in [1.29, 1.82) is 0 Å². The summed E-state index contributed by atoms with van der Waals surface area (Å²) in [5.41, 5.74) is 10.0. The van der Waals surface area contributed by atoms with Gasteiger partial charge in [0, 0.05) is 66.4 Å². The second-order valence-corrected chi connectivity index (χ2v) is 21.5. The molecule has 4 aromatic carbocycles. The Kier molecular flexibility index (Phi) is 34.2. The smallest absolute Gasteiger partial charge is 0.149 e. The Balaban J connectivity index is 0.000000237. The van der Waals surface area contributed by atoms with Gasteiger partial charge in [0.05, 0.1) is 6.54 Å². The van der Waals surface area contributed by atoms with Crippen LogP contribution >= 0.6 is 0 Å². The summed E-state index contributed by atoms with van der Waals surface area (Å²) in [4.78, 5) is 21.0. The number of piperidine rings is 12. The average molecular weight is 1030 g/mol. The Morgan fingerprint density at radius 2 is 0.640 bits per heavy atom. The highest BCUT2D eigenvalue weighted by atomic mass is 16.1. The molecule has 12 fully saturated rings. The molecule has 0 aliphatic carbocycles. The number of carbonyl (C=O) groups excluding carboxylic acids is 1. The third-order valence-corrected chi connectivity index (χ3v) is 14.6. The van der Waals surface area contributed by atoms with Crippen molar-refractivity contribution < 1.29 is 4.79 Å². The molecule has 0 saturated carbocycles. The van der Waals surface area contributed by atoms with E-state index in [1.165, 1.54) is 140 Å². The highest BCUT2D eigenvalue weighted by Crippen LogP contribution is 2.32. The molecule has 0 amide bonds. The van der Waals surface area contributed by atoms with E-state index in [1.807, 2.05) is 30.3 Å². The summed E-state index contributed by atoms with van der Waals surface area (Å²) < 4.78 is 0. The van der Waals surface area contributed by atoms with Gasteiger partial charge in [-0.15, -0.1) is 13.2 Å². The van der Waals surface area contributed by atoms with Gasteiger partial charge >= 0.3 is 0 Å². The van der Waals surface area contributed by atoms with E-state index in [0.29, 0.717) is 29.8 Å². The van der Waals surface area contributed by atoms with Crippen LogP contribution in [0.15, 0.2) is 134 Å². The summed E-state index contributed by atoms with van der Waals surface area (Å²) in [6.07, 6.45) is 15.5. The van der Waals surface area contributed by atoms with Crippen LogP contribution in [0.4, 0.5) is 22.7 Å². The molecule has 4 aromatic rings. The zero-order chi connectivity index (χ0) is 54.5. The molecule has 16 rings (SSSR count). The number of fused-ring (bicyclic) bond motifs is 12. The normalized spacial score (nSPS) is 27.2. The number of para-hydroxylation sites is 4. The zero-order valence-electron chi connectivity index (χ0n) is 48.7. The molecule has 12 aliphatic rings. The largest absolute Gasteiger partial charge is 0.399 e. The molecule has 9 nitrogen and oxygen atoms in total. The standard InChI is InChI=1S/3C13H18N2.C7H11NO.C6H7N.4C3H8.C2H4/c3*1-2-4-12(5-3-1)14-13-10-15-8-6-11(13)7-9-15;9-7-5-8-3-1-6(7)2-4-8;7-6-4-2-1-3-5-6;4*1-3-2;1-2/h3*1-5,11,13-14H,6-10H2;6H,1-5H2;1-5H,7H2;4*3H2,1-2H3;1-2H2/t3*13-;;;;;;;/m000......./s1. The molecule has 12 heterocycles. The summed E-state index contributed by atoms with van der Waals surface area (Å²) in [6.45, 7) is 37.7. The summed E-state index contributed by atoms with van der Waals surface area (Å²) >= 11 is 0. The van der Waals surface area contributed by atoms with E-state index >= 15 is 0 Å². The highest BCUT2D eigenvalue weighted by Gasteiger charge is 2.36. The summed E-state index contributed by atoms with van der Waals surface area (Å²) in [7, 11) is 0. The lowest BCUT2D eigenvalue weighted by atomic mass is 9.84. The number of hydrogen-bond donors (Lipinski definition) is 4. The lowest BCUT2D eigenvalue weighted by Crippen LogP contribution is -2.53. The zero-order valence-corrected chi connectivity index (χ0v) is 48.7. The van der Waals surface area contributed by atoms with Crippen LogP contribution in [-0.4, -0.2) is 122 Å². The maximum atomic E-state index is 11.0. The lowest BCUT2D eigenvalue weighted by Gasteiger charge is -2.45. The summed E-state index contributed by atoms with van der Waals surface area (Å²) in [6, 6.07) is 43.3. The number of Topliss-reactive ketones (excluding diaryl/α,β-unsaturated/α-hetero) is 1. The van der Waals surface area contributed by atoms with Crippen molar-refractivity contribution in [1.82, 2.24) is 19.6 Å². The fraction of sp³-hybridized carbons (Fsp3) is 0.591. The van der Waals surface area contributed by atoms with E-state index in [2.05, 4.69) is 195 Å². The maximum Gasteiger partial charge on any atom is 0.149 e. The fourth-order valence-corrected chi connectivity index (χ4v) is 10.8. The Hall–Kier alpha value is -4.67. The van der Waals surface area contributed by atoms with Gasteiger partial charge in [-0.05, 0) is 170 Å². The van der Waals surface area contributed by atoms with Gasteiger partial charge in [0.2, 0.25) is 0 Å². The van der Waals surface area contributed by atoms with Crippen LogP contribution in [0.5, 0.6) is 0 Å². The van der Waals surface area contributed by atoms with Gasteiger partial charge in [0.1, 0.15) is 5.78 Å². The van der Waals surface area contributed by atoms with Crippen LogP contribution in [0, 0.1) is 23.7 Å². The molecule has 0 unspecified atom stereocenters. The second kappa shape index (κ2) is 39.7. The number of hydrogen-bond acceptors (Lipinski definition) is 9. The molecule has 418 valence electrons. The van der Waals surface area contributed by atoms with E-state index in [4.69, 9.17) is 5.73 Å². The molecule has 9 heteroatoms. The molecular weight excluding hydrogens is 921 g/mol. The highest BCUT2D eigenvalue weighted by molar-refractivity contribution is 5.84. The molecule has 0 aromatic heterocycles. The van der Waals surface area contributed by atoms with Gasteiger partial charge in [0.15, 0.2) is 0 Å². The number of carbonyl (C=O) groups is 1. The van der Waals surface area contributed by atoms with E-state index < -0.39 is 0 Å². The molecule has 0 spiro atoms. The first kappa shape index (κ1) is 64.6. The molecule has 12 aliphatic heterocycles. The van der Waals surface area contributed by atoms with Crippen LogP contribution in [0.1, 0.15) is 132 Å². The van der Waals surface area contributed by atoms with Crippen molar-refractivity contribution >= 4 is 28.5 Å². The maximum absolute atomic E-state index is 11.0. The SMILES string of the molecule is C=C.CCC.CCC.CCC.CCC.Nc1ccccc1.O=C1CN2CCC1CC2.c1ccc(N[C@H]2CN3CCC2CC3)cc1.c1ccc(N[C@H]2CN3CCC2CC3)cc1.c1ccc(N[C@H]2CN3CCC2CC3)cc1. The third kappa shape index (κ3) is 25.4. The first-order chi connectivity index (χ1) is 36.7. The van der Waals surface area contributed by atoms with E-state index in [1.54, 1.807) is 0 Å². The predicted molar refractivity (Wildman–Crippen MR) is 329 cm³/mol. The minimum absolute atomic E-state index is 0.440. The van der Waals surface area contributed by atoms with Gasteiger partial charge in [-0.25, -0.2) is 0 Å². The Labute approximate surface area is 459 Å². The first-order valence-electron chi connectivity index (χ1n) is 29.8. The van der Waals surface area contributed by atoms with Crippen molar-refractivity contribution in [3.63, 3.8) is 0 Å². The second-order valence-electron chi connectivity index (χ2n) is 21.5. The Morgan fingerprint density at radius 1 is 0.400 bits per heavy atom. The number of rotatable bonds is 6. The summed E-state index contributed by atoms with van der Waals surface area (Å²) in [5.74, 6) is 3.61. The number of nitrogens with two attached hydrogens (primary N) is 1. The average Bonchev–Trinajstić information content (AvgIpc) is 3.46. The van der Waals surface area contributed by atoms with Gasteiger partial charge in [-0.3, -0.25) is 9.69 Å². The number of ketones is 1. The fourth-order valence-electron chi connectivity index (χ4n) is 10.8. The molecule has 3 atom stereocenters. The van der Waals surface area contributed by atoms with Crippen molar-refractivity contribution in [2.45, 2.75) is 151 Å². The van der Waals surface area contributed by atoms with Crippen LogP contribution in [0.3, 0.4) is 0 Å². The number of nitrogens with zero attached hydrogens (tertiary/aromatic N) is 4. The van der Waals surface area contributed by atoms with Crippen molar-refractivity contribution in [3.8, 4) is 0 Å². The molecule has 8 bridgehead atoms. The monoisotopic (exact) mass is 1030 g/mol. The first-order valence-corrected chi connectivity index (χ1v) is 29.8. The van der Waals surface area contributed by atoms with Crippen molar-refractivity contribution in [2.24, 2.45) is 23.7 Å². The van der Waals surface area contributed by atoms with Gasteiger partial charge in [-0.2, -0.15) is 0 Å². The molecule has 12 saturated heterocycles. The summed E-state index contributed by atoms with van der Waals surface area (Å²) in [5, 5.41) is 11.0.